The van der Waals surface area contributed by atoms with Gasteiger partial charge in [-0.25, -0.2) is 4.99 Å². The Balaban J connectivity index is 1.86. The van der Waals surface area contributed by atoms with Gasteiger partial charge in [0.25, 0.3) is 0 Å². The quantitative estimate of drug-likeness (QED) is 0.491. The van der Waals surface area contributed by atoms with Gasteiger partial charge in [0, 0.05) is 32.2 Å². The Bertz CT molecular complexity index is 974. The number of Topliss-reactive ketones (excluding diaryl/α,β-unsaturated/α-hetero) is 1. The van der Waals surface area contributed by atoms with Crippen LogP contribution in [0.15, 0.2) is 52.2 Å². The lowest BCUT2D eigenvalue weighted by atomic mass is 9.83. The molecule has 0 spiro atoms. The van der Waals surface area contributed by atoms with Gasteiger partial charge in [-0.3, -0.25) is 14.5 Å². The summed E-state index contributed by atoms with van der Waals surface area (Å²) in [4.78, 5) is 34.1. The molecule has 1 aliphatic heterocycles. The zero-order valence-electron chi connectivity index (χ0n) is 20.9. The summed E-state index contributed by atoms with van der Waals surface area (Å²) >= 11 is 0. The first-order valence-electron chi connectivity index (χ1n) is 12.1. The first-order chi connectivity index (χ1) is 15.8. The number of ketones is 1. The summed E-state index contributed by atoms with van der Waals surface area (Å²) in [6.45, 7) is 9.87. The smallest absolute Gasteiger partial charge is 0.244 e. The van der Waals surface area contributed by atoms with E-state index >= 15 is 0 Å². The van der Waals surface area contributed by atoms with E-state index in [1.54, 1.807) is 4.90 Å². The number of hydrogen-bond acceptors (Lipinski definition) is 4. The molecule has 1 heterocycles. The van der Waals surface area contributed by atoms with Gasteiger partial charge in [-0.1, -0.05) is 37.6 Å². The zero-order valence-corrected chi connectivity index (χ0v) is 20.9. The highest BCUT2D eigenvalue weighted by atomic mass is 16.2. The Kier molecular flexibility index (Phi) is 8.25. The Hall–Kier alpha value is -2.73. The molecule has 0 bridgehead atoms. The molecule has 1 aromatic rings. The lowest BCUT2D eigenvalue weighted by Gasteiger charge is -2.37. The van der Waals surface area contributed by atoms with E-state index in [4.69, 9.17) is 4.99 Å². The van der Waals surface area contributed by atoms with Crippen LogP contribution in [0, 0.1) is 5.92 Å². The van der Waals surface area contributed by atoms with Crippen LogP contribution in [0.5, 0.6) is 0 Å². The summed E-state index contributed by atoms with van der Waals surface area (Å²) in [7, 11) is 3.83. The lowest BCUT2D eigenvalue weighted by molar-refractivity contribution is -0.139. The minimum Gasteiger partial charge on any atom is -0.343 e. The summed E-state index contributed by atoms with van der Waals surface area (Å²) in [5.74, 6) is 0.993. The number of benzene rings is 1. The fourth-order valence-corrected chi connectivity index (χ4v) is 4.61. The predicted octanol–water partition coefficient (Wildman–Crippen LogP) is 4.96. The normalized spacial score (nSPS) is 23.2. The molecule has 2 atom stereocenters. The van der Waals surface area contributed by atoms with Crippen molar-refractivity contribution in [3.05, 3.63) is 52.7 Å². The number of rotatable bonds is 6. The number of carbonyl (C=O) groups excluding carboxylic acids is 2. The van der Waals surface area contributed by atoms with Crippen LogP contribution in [0.3, 0.4) is 0 Å². The molecule has 0 aromatic heterocycles. The van der Waals surface area contributed by atoms with Crippen molar-refractivity contribution in [2.24, 2.45) is 10.9 Å². The summed E-state index contributed by atoms with van der Waals surface area (Å²) in [6, 6.07) is 7.49. The monoisotopic (exact) mass is 450 g/mol. The predicted molar refractivity (Wildman–Crippen MR) is 135 cm³/mol. The second-order valence-corrected chi connectivity index (χ2v) is 9.26. The number of hydrogen-bond donors (Lipinski definition) is 1. The van der Waals surface area contributed by atoms with Gasteiger partial charge in [0.2, 0.25) is 5.91 Å². The lowest BCUT2D eigenvalue weighted by Crippen LogP contribution is -2.48. The number of allylic oxidation sites excluding steroid dienone is 3. The van der Waals surface area contributed by atoms with E-state index in [1.165, 1.54) is 17.6 Å². The van der Waals surface area contributed by atoms with Crippen molar-refractivity contribution in [3.8, 4) is 0 Å². The SMILES string of the molecule is C/C=C(\N=C(Nc1ccc(C2C(=O)N(C)CCN2C)cc1)C(=O)CC)C1=C(C)C(C)CCC1. The van der Waals surface area contributed by atoms with Gasteiger partial charge in [0.1, 0.15) is 6.04 Å². The third-order valence-electron chi connectivity index (χ3n) is 7.01. The molecule has 1 aliphatic carbocycles. The first kappa shape index (κ1) is 24.9. The number of carbonyl (C=O) groups is 2. The number of amidine groups is 1. The fraction of sp³-hybridized carbons (Fsp3) is 0.519. The molecule has 178 valence electrons. The van der Waals surface area contributed by atoms with Gasteiger partial charge in [0.05, 0.1) is 5.70 Å². The molecule has 0 radical (unpaired) electrons. The van der Waals surface area contributed by atoms with Gasteiger partial charge in [-0.05, 0) is 69.3 Å². The van der Waals surface area contributed by atoms with Crippen LogP contribution in [0.4, 0.5) is 5.69 Å². The number of aliphatic imine (C=N–C) groups is 1. The molecule has 1 N–H and O–H groups in total. The second-order valence-electron chi connectivity index (χ2n) is 9.26. The molecule has 2 unspecified atom stereocenters. The van der Waals surface area contributed by atoms with Gasteiger partial charge >= 0.3 is 0 Å². The maximum atomic E-state index is 12.7. The fourth-order valence-electron chi connectivity index (χ4n) is 4.61. The van der Waals surface area contributed by atoms with Crippen LogP contribution in [0.1, 0.15) is 65.0 Å². The summed E-state index contributed by atoms with van der Waals surface area (Å²) in [5.41, 5.74) is 5.26. The summed E-state index contributed by atoms with van der Waals surface area (Å²) in [5, 5.41) is 3.25. The Morgan fingerprint density at radius 2 is 1.91 bits per heavy atom. The van der Waals surface area contributed by atoms with Crippen molar-refractivity contribution in [1.82, 2.24) is 9.80 Å². The Labute approximate surface area is 198 Å². The van der Waals surface area contributed by atoms with Gasteiger partial charge in [-0.15, -0.1) is 0 Å². The molecule has 0 saturated carbocycles. The Morgan fingerprint density at radius 1 is 1.21 bits per heavy atom. The maximum absolute atomic E-state index is 12.7. The molecular formula is C27H38N4O2. The maximum Gasteiger partial charge on any atom is 0.244 e. The highest BCUT2D eigenvalue weighted by Gasteiger charge is 2.31. The van der Waals surface area contributed by atoms with Crippen LogP contribution in [0.2, 0.25) is 0 Å². The number of anilines is 1. The van der Waals surface area contributed by atoms with Crippen molar-refractivity contribution in [1.29, 1.82) is 0 Å². The van der Waals surface area contributed by atoms with Gasteiger partial charge in [0.15, 0.2) is 11.6 Å². The molecular weight excluding hydrogens is 412 g/mol. The average Bonchev–Trinajstić information content (AvgIpc) is 2.82. The zero-order chi connectivity index (χ0) is 24.1. The topological polar surface area (TPSA) is 65.0 Å². The van der Waals surface area contributed by atoms with Crippen molar-refractivity contribution < 1.29 is 9.59 Å². The van der Waals surface area contributed by atoms with Crippen molar-refractivity contribution >= 4 is 23.2 Å². The van der Waals surface area contributed by atoms with Crippen molar-refractivity contribution in [2.75, 3.05) is 32.5 Å². The number of nitrogens with zero attached hydrogens (tertiary/aromatic N) is 3. The Morgan fingerprint density at radius 3 is 2.55 bits per heavy atom. The number of amides is 1. The number of piperazine rings is 1. The number of likely N-dealkylation sites (N-methyl/N-ethyl adjacent to an activating group) is 2. The van der Waals surface area contributed by atoms with E-state index in [9.17, 15) is 9.59 Å². The molecule has 6 nitrogen and oxygen atoms in total. The largest absolute Gasteiger partial charge is 0.343 e. The van der Waals surface area contributed by atoms with E-state index in [-0.39, 0.29) is 17.7 Å². The minimum atomic E-state index is -0.277. The summed E-state index contributed by atoms with van der Waals surface area (Å²) in [6.07, 6.45) is 5.74. The van der Waals surface area contributed by atoms with Crippen LogP contribution < -0.4 is 5.32 Å². The molecule has 1 saturated heterocycles. The molecule has 1 amide bonds. The van der Waals surface area contributed by atoms with E-state index in [0.29, 0.717) is 18.2 Å². The molecule has 1 fully saturated rings. The van der Waals surface area contributed by atoms with Gasteiger partial charge < -0.3 is 10.2 Å². The standard InChI is InChI=1S/C27H38N4O2/c1-7-23(22-11-9-10-18(3)19(22)4)29-26(24(32)8-2)28-21-14-12-20(13-15-21)25-27(33)31(6)17-16-30(25)5/h7,12-15,18,25H,8-11,16-17H2,1-6H3,(H,28,29)/b23-7-. The second kappa shape index (κ2) is 10.9. The van der Waals surface area contributed by atoms with Crippen LogP contribution in [-0.4, -0.2) is 54.5 Å². The third kappa shape index (κ3) is 5.61. The molecule has 6 heteroatoms. The van der Waals surface area contributed by atoms with Crippen molar-refractivity contribution in [2.45, 2.75) is 59.4 Å². The average molecular weight is 451 g/mol. The molecule has 33 heavy (non-hydrogen) atoms. The summed E-state index contributed by atoms with van der Waals surface area (Å²) < 4.78 is 0. The molecule has 3 rings (SSSR count). The van der Waals surface area contributed by atoms with Gasteiger partial charge in [-0.2, -0.15) is 0 Å². The molecule has 2 aliphatic rings. The van der Waals surface area contributed by atoms with Crippen LogP contribution in [-0.2, 0) is 9.59 Å². The highest BCUT2D eigenvalue weighted by molar-refractivity contribution is 6.43. The minimum absolute atomic E-state index is 0.0237. The first-order valence-corrected chi connectivity index (χ1v) is 12.1. The van der Waals surface area contributed by atoms with Crippen molar-refractivity contribution in [3.63, 3.8) is 0 Å². The van der Waals surface area contributed by atoms with Crippen LogP contribution in [0.25, 0.3) is 0 Å². The molecule has 1 aromatic carbocycles. The van der Waals surface area contributed by atoms with Crippen LogP contribution >= 0.6 is 0 Å². The van der Waals surface area contributed by atoms with E-state index in [1.807, 2.05) is 58.3 Å². The highest BCUT2D eigenvalue weighted by Crippen LogP contribution is 2.34. The third-order valence-corrected chi connectivity index (χ3v) is 7.01. The number of nitrogens with one attached hydrogen (secondary N) is 1. The van der Waals surface area contributed by atoms with E-state index in [2.05, 4.69) is 24.1 Å². The van der Waals surface area contributed by atoms with E-state index < -0.39 is 0 Å². The van der Waals surface area contributed by atoms with E-state index in [0.717, 1.165) is 42.9 Å².